The van der Waals surface area contributed by atoms with Crippen LogP contribution in [-0.2, 0) is 4.74 Å². The number of hydrogen-bond acceptors (Lipinski definition) is 6. The van der Waals surface area contributed by atoms with E-state index < -0.39 is 0 Å². The third-order valence-corrected chi connectivity index (χ3v) is 4.27. The fourth-order valence-electron chi connectivity index (χ4n) is 2.07. The summed E-state index contributed by atoms with van der Waals surface area (Å²) in [7, 11) is 0. The van der Waals surface area contributed by atoms with Crippen LogP contribution < -0.4 is 10.6 Å². The zero-order chi connectivity index (χ0) is 13.8. The second-order valence-electron chi connectivity index (χ2n) is 4.47. The second-order valence-corrected chi connectivity index (χ2v) is 5.62. The van der Waals surface area contributed by atoms with E-state index in [1.54, 1.807) is 13.0 Å². The van der Waals surface area contributed by atoms with Crippen molar-refractivity contribution in [3.05, 3.63) is 17.8 Å². The molecule has 2 N–H and O–H groups in total. The molecule has 1 fully saturated rings. The van der Waals surface area contributed by atoms with Crippen molar-refractivity contribution in [2.45, 2.75) is 19.9 Å². The van der Waals surface area contributed by atoms with Gasteiger partial charge in [-0.2, -0.15) is 11.8 Å². The maximum absolute atomic E-state index is 11.8. The van der Waals surface area contributed by atoms with Gasteiger partial charge in [-0.25, -0.2) is 9.78 Å². The maximum atomic E-state index is 11.8. The Labute approximate surface area is 117 Å². The van der Waals surface area contributed by atoms with E-state index in [2.05, 4.69) is 16.8 Å². The normalized spacial score (nSPS) is 19.3. The molecule has 19 heavy (non-hydrogen) atoms. The highest BCUT2D eigenvalue weighted by Crippen LogP contribution is 2.25. The molecule has 2 heterocycles. The van der Waals surface area contributed by atoms with E-state index in [1.807, 2.05) is 11.8 Å². The number of hydrogen-bond donors (Lipinski definition) is 1. The minimum Gasteiger partial charge on any atom is -0.462 e. The number of anilines is 2. The number of nitrogen functional groups attached to an aromatic ring is 1. The van der Waals surface area contributed by atoms with Crippen LogP contribution in [0.4, 0.5) is 11.5 Å². The Morgan fingerprint density at radius 2 is 2.47 bits per heavy atom. The number of aromatic nitrogens is 1. The number of nitrogens with two attached hydrogens (primary N) is 1. The van der Waals surface area contributed by atoms with Crippen molar-refractivity contribution >= 4 is 29.2 Å². The number of pyridine rings is 1. The molecule has 0 aliphatic carbocycles. The van der Waals surface area contributed by atoms with Gasteiger partial charge in [0.05, 0.1) is 24.1 Å². The van der Waals surface area contributed by atoms with E-state index in [9.17, 15) is 4.79 Å². The van der Waals surface area contributed by atoms with E-state index in [1.165, 1.54) is 6.20 Å². The molecule has 5 nitrogen and oxygen atoms in total. The van der Waals surface area contributed by atoms with Gasteiger partial charge in [-0.1, -0.05) is 0 Å². The fraction of sp³-hybridized carbons (Fsp3) is 0.538. The average molecular weight is 281 g/mol. The van der Waals surface area contributed by atoms with Gasteiger partial charge >= 0.3 is 5.97 Å². The molecule has 1 saturated heterocycles. The maximum Gasteiger partial charge on any atom is 0.340 e. The molecule has 0 aromatic carbocycles. The summed E-state index contributed by atoms with van der Waals surface area (Å²) >= 11 is 1.94. The fourth-order valence-corrected chi connectivity index (χ4v) is 3.08. The Morgan fingerprint density at radius 1 is 1.68 bits per heavy atom. The molecule has 1 aliphatic heterocycles. The Hall–Kier alpha value is -1.43. The van der Waals surface area contributed by atoms with Crippen molar-refractivity contribution in [3.63, 3.8) is 0 Å². The topological polar surface area (TPSA) is 68.5 Å². The summed E-state index contributed by atoms with van der Waals surface area (Å²) in [5.74, 6) is 2.55. The van der Waals surface area contributed by atoms with E-state index in [0.717, 1.165) is 23.9 Å². The van der Waals surface area contributed by atoms with Gasteiger partial charge in [0.2, 0.25) is 0 Å². The molecule has 0 saturated carbocycles. The van der Waals surface area contributed by atoms with Crippen molar-refractivity contribution in [1.29, 1.82) is 0 Å². The summed E-state index contributed by atoms with van der Waals surface area (Å²) in [5, 5.41) is 0. The van der Waals surface area contributed by atoms with Crippen LogP contribution in [0.2, 0.25) is 0 Å². The number of carbonyl (C=O) groups is 1. The predicted octanol–water partition coefficient (Wildman–Crippen LogP) is 1.78. The summed E-state index contributed by atoms with van der Waals surface area (Å²) in [6.07, 6.45) is 1.54. The highest BCUT2D eigenvalue weighted by Gasteiger charge is 2.22. The lowest BCUT2D eigenvalue weighted by atomic mass is 10.2. The van der Waals surface area contributed by atoms with Crippen LogP contribution in [0, 0.1) is 0 Å². The monoisotopic (exact) mass is 281 g/mol. The Morgan fingerprint density at radius 3 is 3.16 bits per heavy atom. The first-order valence-corrected chi connectivity index (χ1v) is 7.56. The Kier molecular flexibility index (Phi) is 4.52. The lowest BCUT2D eigenvalue weighted by Gasteiger charge is -2.34. The van der Waals surface area contributed by atoms with Crippen LogP contribution in [0.25, 0.3) is 0 Å². The predicted molar refractivity (Wildman–Crippen MR) is 78.7 cm³/mol. The molecule has 6 heteroatoms. The first-order valence-electron chi connectivity index (χ1n) is 6.40. The van der Waals surface area contributed by atoms with Gasteiger partial charge in [-0.3, -0.25) is 0 Å². The second kappa shape index (κ2) is 6.14. The molecule has 0 bridgehead atoms. The number of nitrogens with zero attached hydrogens (tertiary/aromatic N) is 2. The van der Waals surface area contributed by atoms with Crippen LogP contribution in [-0.4, -0.2) is 41.7 Å². The number of rotatable bonds is 3. The molecular formula is C13H19N3O2S. The smallest absolute Gasteiger partial charge is 0.340 e. The summed E-state index contributed by atoms with van der Waals surface area (Å²) < 4.78 is 5.01. The number of carbonyl (C=O) groups excluding carboxylic acids is 1. The zero-order valence-electron chi connectivity index (χ0n) is 11.3. The van der Waals surface area contributed by atoms with Crippen molar-refractivity contribution in [2.24, 2.45) is 0 Å². The minimum absolute atomic E-state index is 0.340. The number of ether oxygens (including phenoxy) is 1. The van der Waals surface area contributed by atoms with Gasteiger partial charge < -0.3 is 15.4 Å². The lowest BCUT2D eigenvalue weighted by molar-refractivity contribution is 0.0527. The van der Waals surface area contributed by atoms with Gasteiger partial charge in [0.1, 0.15) is 5.82 Å². The standard InChI is InChI=1S/C13H19N3O2S/c1-3-18-13(17)10-6-12(15-7-11(10)14)16-4-5-19-8-9(16)2/h6-7,9H,3-5,8,14H2,1-2H3. The first kappa shape index (κ1) is 14.0. The minimum atomic E-state index is -0.386. The summed E-state index contributed by atoms with van der Waals surface area (Å²) in [6, 6.07) is 2.14. The van der Waals surface area contributed by atoms with E-state index in [4.69, 9.17) is 10.5 Å². The molecular weight excluding hydrogens is 262 g/mol. The zero-order valence-corrected chi connectivity index (χ0v) is 12.1. The summed E-state index contributed by atoms with van der Waals surface area (Å²) in [5.41, 5.74) is 6.56. The highest BCUT2D eigenvalue weighted by atomic mass is 32.2. The first-order chi connectivity index (χ1) is 9.13. The van der Waals surface area contributed by atoms with Crippen LogP contribution in [0.1, 0.15) is 24.2 Å². The third-order valence-electron chi connectivity index (χ3n) is 3.08. The van der Waals surface area contributed by atoms with Gasteiger partial charge in [0, 0.05) is 24.1 Å². The molecule has 0 amide bonds. The van der Waals surface area contributed by atoms with E-state index >= 15 is 0 Å². The molecule has 1 aromatic heterocycles. The van der Waals surface area contributed by atoms with Crippen molar-refractivity contribution in [3.8, 4) is 0 Å². The molecule has 1 aliphatic rings. The van der Waals surface area contributed by atoms with Crippen LogP contribution in [0.3, 0.4) is 0 Å². The van der Waals surface area contributed by atoms with Gasteiger partial charge in [-0.05, 0) is 19.9 Å². The van der Waals surface area contributed by atoms with Gasteiger partial charge in [-0.15, -0.1) is 0 Å². The Bertz CT molecular complexity index is 467. The SMILES string of the molecule is CCOC(=O)c1cc(N2CCSCC2C)ncc1N. The van der Waals surface area contributed by atoms with Crippen molar-refractivity contribution in [1.82, 2.24) is 4.98 Å². The number of thioether (sulfide) groups is 1. The molecule has 104 valence electrons. The molecule has 1 aromatic rings. The molecule has 1 unspecified atom stereocenters. The van der Waals surface area contributed by atoms with Crippen LogP contribution in [0.15, 0.2) is 12.3 Å². The largest absolute Gasteiger partial charge is 0.462 e. The average Bonchev–Trinajstić information content (AvgIpc) is 2.40. The molecule has 2 rings (SSSR count). The van der Waals surface area contributed by atoms with Crippen molar-refractivity contribution in [2.75, 3.05) is 35.3 Å². The molecule has 0 spiro atoms. The van der Waals surface area contributed by atoms with E-state index in [-0.39, 0.29) is 5.97 Å². The van der Waals surface area contributed by atoms with Crippen LogP contribution in [0.5, 0.6) is 0 Å². The quantitative estimate of drug-likeness (QED) is 0.852. The number of esters is 1. The summed E-state index contributed by atoms with van der Waals surface area (Å²) in [6.45, 7) is 5.21. The van der Waals surface area contributed by atoms with Crippen LogP contribution >= 0.6 is 11.8 Å². The van der Waals surface area contributed by atoms with E-state index in [0.29, 0.717) is 23.9 Å². The van der Waals surface area contributed by atoms with Crippen molar-refractivity contribution < 1.29 is 9.53 Å². The summed E-state index contributed by atoms with van der Waals surface area (Å²) in [4.78, 5) is 18.4. The molecule has 0 radical (unpaired) electrons. The third kappa shape index (κ3) is 3.12. The Balaban J connectivity index is 2.27. The van der Waals surface area contributed by atoms with Gasteiger partial charge in [0.25, 0.3) is 0 Å². The van der Waals surface area contributed by atoms with Gasteiger partial charge in [0.15, 0.2) is 0 Å². The lowest BCUT2D eigenvalue weighted by Crippen LogP contribution is -2.41. The molecule has 1 atom stereocenters. The highest BCUT2D eigenvalue weighted by molar-refractivity contribution is 7.99.